The van der Waals surface area contributed by atoms with Gasteiger partial charge in [-0.25, -0.2) is 9.97 Å². The molecule has 0 aliphatic rings. The molecule has 2 heterocycles. The van der Waals surface area contributed by atoms with Gasteiger partial charge in [-0.2, -0.15) is 0 Å². The van der Waals surface area contributed by atoms with Gasteiger partial charge in [0, 0.05) is 24.7 Å². The number of rotatable bonds is 4. The van der Waals surface area contributed by atoms with Crippen molar-refractivity contribution in [1.82, 2.24) is 19.9 Å². The second-order valence-corrected chi connectivity index (χ2v) is 6.79. The molecule has 0 spiro atoms. The molecule has 6 heteroatoms. The second-order valence-electron chi connectivity index (χ2n) is 6.13. The van der Waals surface area contributed by atoms with Crippen molar-refractivity contribution in [1.29, 1.82) is 0 Å². The van der Waals surface area contributed by atoms with Gasteiger partial charge in [0.2, 0.25) is 5.91 Å². The highest BCUT2D eigenvalue weighted by Gasteiger charge is 2.18. The zero-order valence-corrected chi connectivity index (χ0v) is 13.6. The average Bonchev–Trinajstić information content (AvgIpc) is 2.73. The van der Waals surface area contributed by atoms with E-state index in [4.69, 9.17) is 11.6 Å². The monoisotopic (exact) mass is 308 g/mol. The number of nitrogens with zero attached hydrogens (tertiary/aromatic N) is 3. The van der Waals surface area contributed by atoms with Gasteiger partial charge in [0.05, 0.1) is 5.38 Å². The Morgan fingerprint density at radius 1 is 1.48 bits per heavy atom. The van der Waals surface area contributed by atoms with Crippen LogP contribution in [0.15, 0.2) is 18.3 Å². The topological polar surface area (TPSA) is 59.8 Å². The Bertz CT molecular complexity index is 643. The molecule has 2 rings (SSSR count). The van der Waals surface area contributed by atoms with Crippen LogP contribution in [-0.2, 0) is 11.3 Å². The summed E-state index contributed by atoms with van der Waals surface area (Å²) in [4.78, 5) is 20.8. The number of hydrogen-bond donors (Lipinski definition) is 1. The zero-order chi connectivity index (χ0) is 15.6. The number of halogens is 1. The maximum atomic E-state index is 12.0. The first-order valence-corrected chi connectivity index (χ1v) is 7.48. The van der Waals surface area contributed by atoms with Gasteiger partial charge in [-0.3, -0.25) is 4.79 Å². The minimum absolute atomic E-state index is 0.00783. The summed E-state index contributed by atoms with van der Waals surface area (Å²) in [5.41, 5.74) is 1.34. The molecule has 0 bridgehead atoms. The van der Waals surface area contributed by atoms with E-state index in [9.17, 15) is 4.79 Å². The van der Waals surface area contributed by atoms with Gasteiger partial charge < -0.3 is 9.88 Å². The molecule has 0 fully saturated rings. The third-order valence-corrected chi connectivity index (χ3v) is 3.16. The van der Waals surface area contributed by atoms with Crippen molar-refractivity contribution in [3.05, 3.63) is 24.2 Å². The summed E-state index contributed by atoms with van der Waals surface area (Å²) in [6, 6.07) is 3.74. The van der Waals surface area contributed by atoms with E-state index in [0.717, 1.165) is 17.0 Å². The Morgan fingerprint density at radius 3 is 2.81 bits per heavy atom. The van der Waals surface area contributed by atoms with E-state index in [0.29, 0.717) is 13.0 Å². The van der Waals surface area contributed by atoms with Gasteiger partial charge in [0.15, 0.2) is 5.65 Å². The molecule has 1 N–H and O–H groups in total. The molecule has 2 aromatic heterocycles. The van der Waals surface area contributed by atoms with Crippen molar-refractivity contribution in [3.63, 3.8) is 0 Å². The van der Waals surface area contributed by atoms with E-state index < -0.39 is 0 Å². The Kier molecular flexibility index (Phi) is 4.52. The lowest BCUT2D eigenvalue weighted by molar-refractivity contribution is -0.122. The summed E-state index contributed by atoms with van der Waals surface area (Å²) >= 11 is 6.19. The molecule has 1 amide bonds. The van der Waals surface area contributed by atoms with Crippen molar-refractivity contribution >= 4 is 28.7 Å². The quantitative estimate of drug-likeness (QED) is 0.883. The number of hydrogen-bond acceptors (Lipinski definition) is 3. The van der Waals surface area contributed by atoms with Crippen molar-refractivity contribution in [3.8, 4) is 0 Å². The van der Waals surface area contributed by atoms with Crippen LogP contribution < -0.4 is 5.32 Å². The molecule has 0 aliphatic heterocycles. The molecule has 114 valence electrons. The Hall–Kier alpha value is -1.62. The van der Waals surface area contributed by atoms with E-state index >= 15 is 0 Å². The highest BCUT2D eigenvalue weighted by Crippen LogP contribution is 2.23. The summed E-state index contributed by atoms with van der Waals surface area (Å²) < 4.78 is 1.93. The van der Waals surface area contributed by atoms with E-state index in [-0.39, 0.29) is 16.8 Å². The minimum atomic E-state index is -0.232. The van der Waals surface area contributed by atoms with Crippen LogP contribution in [0.1, 0.15) is 45.3 Å². The van der Waals surface area contributed by atoms with Crippen LogP contribution in [0.4, 0.5) is 0 Å². The molecule has 0 radical (unpaired) electrons. The van der Waals surface area contributed by atoms with Crippen LogP contribution in [0.3, 0.4) is 0 Å². The number of pyridine rings is 1. The molecule has 0 saturated carbocycles. The fourth-order valence-electron chi connectivity index (χ4n) is 2.19. The fraction of sp³-hybridized carbons (Fsp3) is 0.533. The number of imidazole rings is 1. The number of amides is 1. The average molecular weight is 309 g/mol. The van der Waals surface area contributed by atoms with Gasteiger partial charge >= 0.3 is 0 Å². The lowest BCUT2D eigenvalue weighted by Crippen LogP contribution is -2.40. The van der Waals surface area contributed by atoms with E-state index in [1.54, 1.807) is 6.20 Å². The third-order valence-electron chi connectivity index (χ3n) is 2.97. The van der Waals surface area contributed by atoms with Crippen LogP contribution >= 0.6 is 11.6 Å². The SMILES string of the molecule is CC(Cl)c1nc2cccnc2n1CCC(=O)NC(C)(C)C. The van der Waals surface area contributed by atoms with E-state index in [1.807, 2.05) is 44.4 Å². The predicted molar refractivity (Wildman–Crippen MR) is 84.3 cm³/mol. The summed E-state index contributed by atoms with van der Waals surface area (Å²) in [6.45, 7) is 8.28. The molecule has 0 aromatic carbocycles. The van der Waals surface area contributed by atoms with Gasteiger partial charge in [0.25, 0.3) is 0 Å². The summed E-state index contributed by atoms with van der Waals surface area (Å²) in [6.07, 6.45) is 2.09. The van der Waals surface area contributed by atoms with Crippen LogP contribution in [-0.4, -0.2) is 26.0 Å². The molecular weight excluding hydrogens is 288 g/mol. The highest BCUT2D eigenvalue weighted by atomic mass is 35.5. The van der Waals surface area contributed by atoms with Gasteiger partial charge in [-0.1, -0.05) is 0 Å². The Labute approximate surface area is 129 Å². The molecular formula is C15H21ClN4O. The summed E-state index contributed by atoms with van der Waals surface area (Å²) in [5.74, 6) is 0.752. The first-order chi connectivity index (χ1) is 9.78. The first-order valence-electron chi connectivity index (χ1n) is 7.04. The van der Waals surface area contributed by atoms with Crippen molar-refractivity contribution in [2.75, 3.05) is 0 Å². The van der Waals surface area contributed by atoms with Crippen molar-refractivity contribution < 1.29 is 4.79 Å². The number of carbonyl (C=O) groups excluding carboxylic acids is 1. The number of aryl methyl sites for hydroxylation is 1. The highest BCUT2D eigenvalue weighted by molar-refractivity contribution is 6.20. The maximum Gasteiger partial charge on any atom is 0.222 e. The lowest BCUT2D eigenvalue weighted by Gasteiger charge is -2.20. The fourth-order valence-corrected chi connectivity index (χ4v) is 2.36. The molecule has 1 unspecified atom stereocenters. The molecule has 1 atom stereocenters. The smallest absolute Gasteiger partial charge is 0.222 e. The standard InChI is InChI=1S/C15H21ClN4O/c1-10(16)13-18-11-6-5-8-17-14(11)20(13)9-7-12(21)19-15(2,3)4/h5-6,8,10H,7,9H2,1-4H3,(H,19,21). The van der Waals surface area contributed by atoms with Gasteiger partial charge in [-0.05, 0) is 39.8 Å². The molecule has 21 heavy (non-hydrogen) atoms. The number of carbonyl (C=O) groups is 1. The van der Waals surface area contributed by atoms with Crippen LogP contribution in [0.2, 0.25) is 0 Å². The summed E-state index contributed by atoms with van der Waals surface area (Å²) in [7, 11) is 0. The molecule has 0 aliphatic carbocycles. The summed E-state index contributed by atoms with van der Waals surface area (Å²) in [5, 5.41) is 2.72. The number of aromatic nitrogens is 3. The predicted octanol–water partition coefficient (Wildman–Crippen LogP) is 3.04. The van der Waals surface area contributed by atoms with Crippen molar-refractivity contribution in [2.24, 2.45) is 0 Å². The molecule has 5 nitrogen and oxygen atoms in total. The van der Waals surface area contributed by atoms with Crippen LogP contribution in [0, 0.1) is 0 Å². The van der Waals surface area contributed by atoms with E-state index in [1.165, 1.54) is 0 Å². The second kappa shape index (κ2) is 6.02. The Morgan fingerprint density at radius 2 is 2.19 bits per heavy atom. The van der Waals surface area contributed by atoms with Crippen LogP contribution in [0.5, 0.6) is 0 Å². The maximum absolute atomic E-state index is 12.0. The van der Waals surface area contributed by atoms with Gasteiger partial charge in [-0.15, -0.1) is 11.6 Å². The number of alkyl halides is 1. The molecule has 0 saturated heterocycles. The number of fused-ring (bicyclic) bond motifs is 1. The van der Waals surface area contributed by atoms with Gasteiger partial charge in [0.1, 0.15) is 11.3 Å². The third kappa shape index (κ3) is 3.94. The van der Waals surface area contributed by atoms with Crippen LogP contribution in [0.25, 0.3) is 11.2 Å². The normalized spacial score (nSPS) is 13.4. The zero-order valence-electron chi connectivity index (χ0n) is 12.9. The lowest BCUT2D eigenvalue weighted by atomic mass is 10.1. The largest absolute Gasteiger partial charge is 0.351 e. The first kappa shape index (κ1) is 15.8. The number of nitrogens with one attached hydrogen (secondary N) is 1. The van der Waals surface area contributed by atoms with Crippen molar-refractivity contribution in [2.45, 2.75) is 51.6 Å². The molecule has 2 aromatic rings. The minimum Gasteiger partial charge on any atom is -0.351 e. The Balaban J connectivity index is 2.21. The van der Waals surface area contributed by atoms with E-state index in [2.05, 4.69) is 15.3 Å².